The predicted octanol–water partition coefficient (Wildman–Crippen LogP) is 4.09. The summed E-state index contributed by atoms with van der Waals surface area (Å²) in [5.74, 6) is 1.76. The predicted molar refractivity (Wildman–Crippen MR) is 102 cm³/mol. The smallest absolute Gasteiger partial charge is 0.257 e. The molecule has 3 aromatic rings. The van der Waals surface area contributed by atoms with Crippen molar-refractivity contribution in [3.63, 3.8) is 0 Å². The summed E-state index contributed by atoms with van der Waals surface area (Å²) in [5, 5.41) is 5.21. The summed E-state index contributed by atoms with van der Waals surface area (Å²) in [6, 6.07) is 12.5. The highest BCUT2D eigenvalue weighted by Crippen LogP contribution is 2.33. The average molecular weight is 370 g/mol. The number of rotatable bonds is 6. The molecule has 0 aliphatic rings. The van der Waals surface area contributed by atoms with Crippen LogP contribution < -0.4 is 19.5 Å². The number of benzene rings is 2. The SMILES string of the molecule is COc1ccc(C(=O)Nc2nc(-c3ccc(OC)c(OC)c3)cs2)cc1. The second kappa shape index (κ2) is 7.88. The first-order valence-electron chi connectivity index (χ1n) is 7.78. The summed E-state index contributed by atoms with van der Waals surface area (Å²) in [6.07, 6.45) is 0. The van der Waals surface area contributed by atoms with Gasteiger partial charge in [0, 0.05) is 16.5 Å². The van der Waals surface area contributed by atoms with Crippen molar-refractivity contribution in [3.05, 3.63) is 53.4 Å². The van der Waals surface area contributed by atoms with Crippen molar-refractivity contribution in [1.29, 1.82) is 0 Å². The first-order chi connectivity index (χ1) is 12.6. The van der Waals surface area contributed by atoms with E-state index in [-0.39, 0.29) is 5.91 Å². The Labute approximate surface area is 155 Å². The molecule has 26 heavy (non-hydrogen) atoms. The third kappa shape index (κ3) is 3.78. The molecule has 1 heterocycles. The van der Waals surface area contributed by atoms with Gasteiger partial charge in [-0.2, -0.15) is 0 Å². The molecule has 1 amide bonds. The molecule has 1 aromatic heterocycles. The number of ether oxygens (including phenoxy) is 3. The lowest BCUT2D eigenvalue weighted by Crippen LogP contribution is -2.11. The number of anilines is 1. The minimum absolute atomic E-state index is 0.221. The standard InChI is InChI=1S/C19H18N2O4S/c1-23-14-7-4-12(5-8-14)18(22)21-19-20-15(11-26-19)13-6-9-16(24-2)17(10-13)25-3/h4-11H,1-3H3,(H,20,21,22). The minimum Gasteiger partial charge on any atom is -0.497 e. The van der Waals surface area contributed by atoms with E-state index in [4.69, 9.17) is 14.2 Å². The van der Waals surface area contributed by atoms with Crippen LogP contribution in [0.1, 0.15) is 10.4 Å². The van der Waals surface area contributed by atoms with Crippen LogP contribution in [0.2, 0.25) is 0 Å². The zero-order valence-corrected chi connectivity index (χ0v) is 15.4. The third-order valence-corrected chi connectivity index (χ3v) is 4.51. The molecule has 2 aromatic carbocycles. The molecule has 7 heteroatoms. The molecule has 6 nitrogen and oxygen atoms in total. The summed E-state index contributed by atoms with van der Waals surface area (Å²) in [5.41, 5.74) is 2.17. The second-order valence-electron chi connectivity index (χ2n) is 5.29. The lowest BCUT2D eigenvalue weighted by atomic mass is 10.1. The Morgan fingerprint density at radius 3 is 2.35 bits per heavy atom. The molecule has 0 aliphatic carbocycles. The molecule has 0 atom stereocenters. The van der Waals surface area contributed by atoms with Crippen molar-refractivity contribution in [2.45, 2.75) is 0 Å². The van der Waals surface area contributed by atoms with Gasteiger partial charge in [-0.1, -0.05) is 0 Å². The first-order valence-corrected chi connectivity index (χ1v) is 8.66. The van der Waals surface area contributed by atoms with E-state index in [1.807, 2.05) is 23.6 Å². The van der Waals surface area contributed by atoms with Gasteiger partial charge in [0.25, 0.3) is 5.91 Å². The van der Waals surface area contributed by atoms with Gasteiger partial charge in [-0.15, -0.1) is 11.3 Å². The quantitative estimate of drug-likeness (QED) is 0.708. The Hall–Kier alpha value is -3.06. The fourth-order valence-electron chi connectivity index (χ4n) is 2.37. The number of aromatic nitrogens is 1. The van der Waals surface area contributed by atoms with Gasteiger partial charge in [0.15, 0.2) is 16.6 Å². The molecule has 0 bridgehead atoms. The lowest BCUT2D eigenvalue weighted by Gasteiger charge is -2.08. The Kier molecular flexibility index (Phi) is 5.38. The zero-order valence-electron chi connectivity index (χ0n) is 14.6. The van der Waals surface area contributed by atoms with E-state index in [2.05, 4.69) is 10.3 Å². The van der Waals surface area contributed by atoms with E-state index in [1.165, 1.54) is 11.3 Å². The van der Waals surface area contributed by atoms with E-state index in [0.29, 0.717) is 27.9 Å². The van der Waals surface area contributed by atoms with Crippen LogP contribution >= 0.6 is 11.3 Å². The van der Waals surface area contributed by atoms with Gasteiger partial charge in [0.2, 0.25) is 0 Å². The molecular weight excluding hydrogens is 352 g/mol. The first kappa shape index (κ1) is 17.8. The monoisotopic (exact) mass is 370 g/mol. The Morgan fingerprint density at radius 1 is 0.962 bits per heavy atom. The van der Waals surface area contributed by atoms with E-state index in [9.17, 15) is 4.79 Å². The van der Waals surface area contributed by atoms with E-state index < -0.39 is 0 Å². The molecule has 0 saturated carbocycles. The Bertz CT molecular complexity index is 906. The molecule has 3 rings (SSSR count). The number of nitrogens with one attached hydrogen (secondary N) is 1. The normalized spacial score (nSPS) is 10.3. The minimum atomic E-state index is -0.221. The van der Waals surface area contributed by atoms with Crippen LogP contribution in [-0.2, 0) is 0 Å². The summed E-state index contributed by atoms with van der Waals surface area (Å²) in [4.78, 5) is 16.8. The third-order valence-electron chi connectivity index (χ3n) is 3.76. The number of hydrogen-bond acceptors (Lipinski definition) is 6. The number of thiazole rings is 1. The van der Waals surface area contributed by atoms with Crippen LogP contribution in [0.3, 0.4) is 0 Å². The summed E-state index contributed by atoms with van der Waals surface area (Å²) < 4.78 is 15.7. The van der Waals surface area contributed by atoms with Crippen LogP contribution in [0.5, 0.6) is 17.2 Å². The van der Waals surface area contributed by atoms with Crippen molar-refractivity contribution in [3.8, 4) is 28.5 Å². The fourth-order valence-corrected chi connectivity index (χ4v) is 3.09. The maximum Gasteiger partial charge on any atom is 0.257 e. The second-order valence-corrected chi connectivity index (χ2v) is 6.15. The number of carbonyl (C=O) groups is 1. The number of nitrogens with zero attached hydrogens (tertiary/aromatic N) is 1. The largest absolute Gasteiger partial charge is 0.497 e. The highest BCUT2D eigenvalue weighted by Gasteiger charge is 2.12. The van der Waals surface area contributed by atoms with Gasteiger partial charge in [0.1, 0.15) is 5.75 Å². The van der Waals surface area contributed by atoms with E-state index in [1.54, 1.807) is 45.6 Å². The summed E-state index contributed by atoms with van der Waals surface area (Å²) in [7, 11) is 4.76. The number of carbonyl (C=O) groups excluding carboxylic acids is 1. The molecule has 0 spiro atoms. The topological polar surface area (TPSA) is 69.7 Å². The van der Waals surface area contributed by atoms with Crippen molar-refractivity contribution in [2.24, 2.45) is 0 Å². The molecule has 0 saturated heterocycles. The molecule has 0 unspecified atom stereocenters. The van der Waals surface area contributed by atoms with Gasteiger partial charge in [-0.3, -0.25) is 10.1 Å². The maximum atomic E-state index is 12.3. The van der Waals surface area contributed by atoms with Crippen LogP contribution in [0.15, 0.2) is 47.8 Å². The highest BCUT2D eigenvalue weighted by atomic mass is 32.1. The van der Waals surface area contributed by atoms with Crippen molar-refractivity contribution >= 4 is 22.4 Å². The highest BCUT2D eigenvalue weighted by molar-refractivity contribution is 7.14. The van der Waals surface area contributed by atoms with Gasteiger partial charge in [-0.25, -0.2) is 4.98 Å². The van der Waals surface area contributed by atoms with Crippen molar-refractivity contribution < 1.29 is 19.0 Å². The van der Waals surface area contributed by atoms with E-state index in [0.717, 1.165) is 11.3 Å². The van der Waals surface area contributed by atoms with Crippen LogP contribution in [-0.4, -0.2) is 32.2 Å². The van der Waals surface area contributed by atoms with Crippen LogP contribution in [0, 0.1) is 0 Å². The molecule has 0 radical (unpaired) electrons. The van der Waals surface area contributed by atoms with Gasteiger partial charge in [-0.05, 0) is 42.5 Å². The Morgan fingerprint density at radius 2 is 1.69 bits per heavy atom. The van der Waals surface area contributed by atoms with Gasteiger partial charge in [0.05, 0.1) is 27.0 Å². The van der Waals surface area contributed by atoms with Gasteiger partial charge >= 0.3 is 0 Å². The number of amides is 1. The van der Waals surface area contributed by atoms with Gasteiger partial charge < -0.3 is 14.2 Å². The molecule has 0 fully saturated rings. The van der Waals surface area contributed by atoms with Crippen molar-refractivity contribution in [1.82, 2.24) is 4.98 Å². The fraction of sp³-hybridized carbons (Fsp3) is 0.158. The lowest BCUT2D eigenvalue weighted by molar-refractivity contribution is 0.102. The molecular formula is C19H18N2O4S. The zero-order chi connectivity index (χ0) is 18.5. The maximum absolute atomic E-state index is 12.3. The molecule has 1 N–H and O–H groups in total. The van der Waals surface area contributed by atoms with Crippen LogP contribution in [0.25, 0.3) is 11.3 Å². The van der Waals surface area contributed by atoms with Crippen molar-refractivity contribution in [2.75, 3.05) is 26.6 Å². The molecule has 134 valence electrons. The van der Waals surface area contributed by atoms with E-state index >= 15 is 0 Å². The summed E-state index contributed by atoms with van der Waals surface area (Å²) >= 11 is 1.36. The number of methoxy groups -OCH3 is 3. The average Bonchev–Trinajstić information content (AvgIpc) is 3.15. The number of hydrogen-bond donors (Lipinski definition) is 1. The Balaban J connectivity index is 1.76. The molecule has 0 aliphatic heterocycles. The summed E-state index contributed by atoms with van der Waals surface area (Å²) in [6.45, 7) is 0. The van der Waals surface area contributed by atoms with Crippen LogP contribution in [0.4, 0.5) is 5.13 Å².